The summed E-state index contributed by atoms with van der Waals surface area (Å²) in [5.41, 5.74) is 0.593. The predicted molar refractivity (Wildman–Crippen MR) is 69.5 cm³/mol. The number of hydrogen-bond donors (Lipinski definition) is 1. The van der Waals surface area contributed by atoms with Crippen molar-refractivity contribution in [1.29, 1.82) is 0 Å². The molecule has 2 aromatic rings. The number of aliphatic carboxylic acids is 1. The normalized spacial score (nSPS) is 10.4. The minimum Gasteiger partial charge on any atom is -0.481 e. The average molecular weight is 331 g/mol. The fourth-order valence-corrected chi connectivity index (χ4v) is 3.38. The molecule has 0 radical (unpaired) electrons. The number of rotatable bonds is 4. The summed E-state index contributed by atoms with van der Waals surface area (Å²) >= 11 is 6.33. The number of halogens is 1. The van der Waals surface area contributed by atoms with Crippen molar-refractivity contribution >= 4 is 45.0 Å². The highest BCUT2D eigenvalue weighted by Gasteiger charge is 2.08. The number of pyridine rings is 1. The zero-order valence-electron chi connectivity index (χ0n) is 8.46. The van der Waals surface area contributed by atoms with Crippen LogP contribution in [0.5, 0.6) is 0 Å². The van der Waals surface area contributed by atoms with Gasteiger partial charge in [-0.25, -0.2) is 4.98 Å². The first-order valence-corrected chi connectivity index (χ1v) is 7.07. The van der Waals surface area contributed by atoms with E-state index in [1.54, 1.807) is 17.8 Å². The predicted octanol–water partition coefficient (Wildman–Crippen LogP) is 3.08. The van der Waals surface area contributed by atoms with Gasteiger partial charge in [0.15, 0.2) is 4.34 Å². The minimum absolute atomic E-state index is 0.0332. The second-order valence-electron chi connectivity index (χ2n) is 3.08. The van der Waals surface area contributed by atoms with Crippen molar-refractivity contribution in [1.82, 2.24) is 9.97 Å². The molecule has 0 amide bonds. The van der Waals surface area contributed by atoms with Crippen LogP contribution in [-0.4, -0.2) is 21.0 Å². The van der Waals surface area contributed by atoms with E-state index in [4.69, 9.17) is 5.11 Å². The summed E-state index contributed by atoms with van der Waals surface area (Å²) < 4.78 is 1.73. The van der Waals surface area contributed by atoms with Crippen molar-refractivity contribution in [2.75, 3.05) is 0 Å². The molecule has 1 N–H and O–H groups in total. The van der Waals surface area contributed by atoms with Crippen molar-refractivity contribution in [3.8, 4) is 0 Å². The zero-order valence-corrected chi connectivity index (χ0v) is 11.7. The van der Waals surface area contributed by atoms with Gasteiger partial charge >= 0.3 is 5.97 Å². The first-order valence-electron chi connectivity index (χ1n) is 4.58. The van der Waals surface area contributed by atoms with Gasteiger partial charge in [0.25, 0.3) is 0 Å². The van der Waals surface area contributed by atoms with E-state index in [9.17, 15) is 4.79 Å². The number of carboxylic acids is 1. The molecule has 7 heteroatoms. The highest BCUT2D eigenvalue weighted by atomic mass is 79.9. The van der Waals surface area contributed by atoms with Gasteiger partial charge in [-0.1, -0.05) is 11.8 Å². The van der Waals surface area contributed by atoms with Crippen molar-refractivity contribution < 1.29 is 9.90 Å². The molecule has 2 rings (SSSR count). The van der Waals surface area contributed by atoms with E-state index in [1.165, 1.54) is 23.1 Å². The van der Waals surface area contributed by atoms with E-state index in [0.717, 1.165) is 13.7 Å². The van der Waals surface area contributed by atoms with E-state index in [2.05, 4.69) is 25.9 Å². The standard InChI is InChI=1S/C10H7BrN2O2S2/c11-7-4-12-2-1-8(7)17-10-13-6(5-16-10)3-9(14)15/h1-2,4-5H,3H2,(H,14,15). The Bertz CT molecular complexity index is 545. The molecular formula is C10H7BrN2O2S2. The number of hydrogen-bond acceptors (Lipinski definition) is 5. The van der Waals surface area contributed by atoms with Gasteiger partial charge in [0.05, 0.1) is 12.1 Å². The van der Waals surface area contributed by atoms with Gasteiger partial charge in [0, 0.05) is 27.1 Å². The molecular weight excluding hydrogens is 324 g/mol. The molecule has 0 fully saturated rings. The van der Waals surface area contributed by atoms with E-state index in [-0.39, 0.29) is 6.42 Å². The van der Waals surface area contributed by atoms with Gasteiger partial charge in [-0.15, -0.1) is 11.3 Å². The quantitative estimate of drug-likeness (QED) is 0.933. The van der Waals surface area contributed by atoms with E-state index >= 15 is 0 Å². The number of carbonyl (C=O) groups is 1. The molecule has 0 aliphatic heterocycles. The third-order valence-corrected chi connectivity index (χ3v) is 4.75. The Hall–Kier alpha value is -0.920. The van der Waals surface area contributed by atoms with E-state index in [0.29, 0.717) is 5.69 Å². The molecule has 0 unspecified atom stereocenters. The summed E-state index contributed by atoms with van der Waals surface area (Å²) in [5.74, 6) is -0.864. The molecule has 0 aromatic carbocycles. The number of nitrogens with zero attached hydrogens (tertiary/aromatic N) is 2. The third kappa shape index (κ3) is 3.52. The lowest BCUT2D eigenvalue weighted by molar-refractivity contribution is -0.136. The van der Waals surface area contributed by atoms with Gasteiger partial charge in [-0.2, -0.15) is 0 Å². The molecule has 0 spiro atoms. The van der Waals surface area contributed by atoms with Crippen LogP contribution in [0.1, 0.15) is 5.69 Å². The molecule has 2 heterocycles. The number of carboxylic acid groups (broad SMARTS) is 1. The lowest BCUT2D eigenvalue weighted by Crippen LogP contribution is -1.99. The molecule has 0 saturated carbocycles. The molecule has 2 aromatic heterocycles. The Morgan fingerprint density at radius 2 is 2.41 bits per heavy atom. The Balaban J connectivity index is 2.12. The van der Waals surface area contributed by atoms with Crippen LogP contribution in [0.15, 0.2) is 37.5 Å². The molecule has 88 valence electrons. The second-order valence-corrected chi connectivity index (χ2v) is 6.08. The highest BCUT2D eigenvalue weighted by Crippen LogP contribution is 2.34. The molecule has 4 nitrogen and oxygen atoms in total. The zero-order chi connectivity index (χ0) is 12.3. The average Bonchev–Trinajstić information content (AvgIpc) is 2.68. The van der Waals surface area contributed by atoms with Crippen LogP contribution in [-0.2, 0) is 11.2 Å². The van der Waals surface area contributed by atoms with Crippen molar-refractivity contribution in [3.05, 3.63) is 34.0 Å². The lowest BCUT2D eigenvalue weighted by Gasteiger charge is -1.99. The lowest BCUT2D eigenvalue weighted by atomic mass is 10.3. The van der Waals surface area contributed by atoms with Gasteiger partial charge in [-0.3, -0.25) is 9.78 Å². The first-order chi connectivity index (χ1) is 8.15. The topological polar surface area (TPSA) is 63.1 Å². The number of aromatic nitrogens is 2. The first kappa shape index (κ1) is 12.5. The molecule has 17 heavy (non-hydrogen) atoms. The molecule has 0 aliphatic rings. The molecule has 0 atom stereocenters. The van der Waals surface area contributed by atoms with Gasteiger partial charge in [0.1, 0.15) is 0 Å². The van der Waals surface area contributed by atoms with Crippen LogP contribution >= 0.6 is 39.0 Å². The SMILES string of the molecule is O=C(O)Cc1csc(Sc2ccncc2Br)n1. The maximum absolute atomic E-state index is 10.5. The largest absolute Gasteiger partial charge is 0.481 e. The van der Waals surface area contributed by atoms with Crippen molar-refractivity contribution in [2.24, 2.45) is 0 Å². The summed E-state index contributed by atoms with van der Waals surface area (Å²) in [5, 5.41) is 10.4. The molecule has 0 bridgehead atoms. The fraction of sp³-hybridized carbons (Fsp3) is 0.100. The Kier molecular flexibility index (Phi) is 4.14. The summed E-state index contributed by atoms with van der Waals surface area (Å²) in [4.78, 5) is 19.8. The Labute approximate surface area is 114 Å². The van der Waals surface area contributed by atoms with E-state index in [1.807, 2.05) is 6.07 Å². The number of thiazole rings is 1. The van der Waals surface area contributed by atoms with Crippen LogP contribution in [0, 0.1) is 0 Å². The fourth-order valence-electron chi connectivity index (χ4n) is 1.11. The third-order valence-electron chi connectivity index (χ3n) is 1.80. The Morgan fingerprint density at radius 3 is 3.12 bits per heavy atom. The molecule has 0 aliphatic carbocycles. The summed E-state index contributed by atoms with van der Waals surface area (Å²) in [6.45, 7) is 0. The van der Waals surface area contributed by atoms with Crippen LogP contribution in [0.3, 0.4) is 0 Å². The monoisotopic (exact) mass is 330 g/mol. The second kappa shape index (κ2) is 5.61. The highest BCUT2D eigenvalue weighted by molar-refractivity contribution is 9.10. The van der Waals surface area contributed by atoms with Gasteiger partial charge in [-0.05, 0) is 22.0 Å². The maximum atomic E-state index is 10.5. The summed E-state index contributed by atoms with van der Waals surface area (Å²) in [7, 11) is 0. The molecule has 0 saturated heterocycles. The summed E-state index contributed by atoms with van der Waals surface area (Å²) in [6, 6.07) is 1.88. The van der Waals surface area contributed by atoms with Crippen LogP contribution in [0.25, 0.3) is 0 Å². The van der Waals surface area contributed by atoms with Gasteiger partial charge < -0.3 is 5.11 Å². The van der Waals surface area contributed by atoms with Gasteiger partial charge in [0.2, 0.25) is 0 Å². The van der Waals surface area contributed by atoms with Crippen LogP contribution in [0.4, 0.5) is 0 Å². The van der Waals surface area contributed by atoms with Crippen LogP contribution in [0.2, 0.25) is 0 Å². The Morgan fingerprint density at radius 1 is 1.59 bits per heavy atom. The van der Waals surface area contributed by atoms with Crippen molar-refractivity contribution in [3.63, 3.8) is 0 Å². The van der Waals surface area contributed by atoms with Crippen molar-refractivity contribution in [2.45, 2.75) is 15.7 Å². The van der Waals surface area contributed by atoms with Crippen LogP contribution < -0.4 is 0 Å². The van der Waals surface area contributed by atoms with E-state index < -0.39 is 5.97 Å². The summed E-state index contributed by atoms with van der Waals surface area (Å²) in [6.07, 6.45) is 3.39. The minimum atomic E-state index is -0.864. The maximum Gasteiger partial charge on any atom is 0.309 e. The smallest absolute Gasteiger partial charge is 0.309 e.